The van der Waals surface area contributed by atoms with Crippen molar-refractivity contribution in [2.24, 2.45) is 7.05 Å². The summed E-state index contributed by atoms with van der Waals surface area (Å²) in [6, 6.07) is 6.08. The quantitative estimate of drug-likeness (QED) is 0.756. The average Bonchev–Trinajstić information content (AvgIpc) is 2.70. The SMILES string of the molecule is Cc1cccc(C)c1CC(=O)c1nccn1C. The van der Waals surface area contributed by atoms with Crippen molar-refractivity contribution in [1.29, 1.82) is 0 Å². The van der Waals surface area contributed by atoms with Gasteiger partial charge in [0.05, 0.1) is 0 Å². The molecular formula is C14H16N2O. The Morgan fingerprint density at radius 3 is 2.47 bits per heavy atom. The first-order valence-electron chi connectivity index (χ1n) is 5.65. The molecule has 0 saturated heterocycles. The van der Waals surface area contributed by atoms with Crippen LogP contribution in [0.3, 0.4) is 0 Å². The lowest BCUT2D eigenvalue weighted by Crippen LogP contribution is -2.11. The van der Waals surface area contributed by atoms with Crippen LogP contribution in [0.1, 0.15) is 27.3 Å². The highest BCUT2D eigenvalue weighted by atomic mass is 16.1. The summed E-state index contributed by atoms with van der Waals surface area (Å²) in [6.07, 6.45) is 3.86. The van der Waals surface area contributed by atoms with Gasteiger partial charge in [0.15, 0.2) is 5.82 Å². The van der Waals surface area contributed by atoms with Crippen molar-refractivity contribution >= 4 is 5.78 Å². The molecule has 2 aromatic rings. The van der Waals surface area contributed by atoms with E-state index in [1.165, 1.54) is 0 Å². The Morgan fingerprint density at radius 1 is 1.29 bits per heavy atom. The summed E-state index contributed by atoms with van der Waals surface area (Å²) in [5.41, 5.74) is 3.43. The van der Waals surface area contributed by atoms with E-state index in [1.807, 2.05) is 39.1 Å². The zero-order valence-electron chi connectivity index (χ0n) is 10.4. The predicted molar refractivity (Wildman–Crippen MR) is 67.2 cm³/mol. The van der Waals surface area contributed by atoms with Gasteiger partial charge in [-0.3, -0.25) is 4.79 Å². The number of hydrogen-bond donors (Lipinski definition) is 0. The van der Waals surface area contributed by atoms with Crippen LogP contribution in [-0.4, -0.2) is 15.3 Å². The van der Waals surface area contributed by atoms with Crippen molar-refractivity contribution in [3.05, 3.63) is 53.1 Å². The number of rotatable bonds is 3. The number of carbonyl (C=O) groups excluding carboxylic acids is 1. The van der Waals surface area contributed by atoms with Crippen LogP contribution >= 0.6 is 0 Å². The van der Waals surface area contributed by atoms with E-state index in [0.29, 0.717) is 12.2 Å². The first kappa shape index (κ1) is 11.6. The first-order chi connectivity index (χ1) is 8.09. The summed E-state index contributed by atoms with van der Waals surface area (Å²) >= 11 is 0. The number of Topliss-reactive ketones (excluding diaryl/α,β-unsaturated/α-hetero) is 1. The van der Waals surface area contributed by atoms with Gasteiger partial charge in [0.2, 0.25) is 5.78 Å². The smallest absolute Gasteiger partial charge is 0.202 e. The summed E-state index contributed by atoms with van der Waals surface area (Å²) in [6.45, 7) is 4.07. The maximum Gasteiger partial charge on any atom is 0.202 e. The molecule has 88 valence electrons. The van der Waals surface area contributed by atoms with Gasteiger partial charge >= 0.3 is 0 Å². The standard InChI is InChI=1S/C14H16N2O/c1-10-5-4-6-11(2)12(10)9-13(17)14-15-7-8-16(14)3/h4-8H,9H2,1-3H3. The third-order valence-corrected chi connectivity index (χ3v) is 3.05. The van der Waals surface area contributed by atoms with Crippen LogP contribution in [0.2, 0.25) is 0 Å². The van der Waals surface area contributed by atoms with Crippen molar-refractivity contribution in [1.82, 2.24) is 9.55 Å². The second-order valence-electron chi connectivity index (χ2n) is 4.33. The lowest BCUT2D eigenvalue weighted by atomic mass is 9.98. The summed E-state index contributed by atoms with van der Waals surface area (Å²) in [5.74, 6) is 0.586. The molecule has 17 heavy (non-hydrogen) atoms. The molecule has 1 aromatic heterocycles. The Bertz CT molecular complexity index is 535. The third kappa shape index (κ3) is 2.28. The van der Waals surface area contributed by atoms with Crippen LogP contribution < -0.4 is 0 Å². The molecule has 2 rings (SSSR count). The predicted octanol–water partition coefficient (Wildman–Crippen LogP) is 2.46. The average molecular weight is 228 g/mol. The van der Waals surface area contributed by atoms with Gasteiger partial charge in [-0.25, -0.2) is 4.98 Å². The highest BCUT2D eigenvalue weighted by molar-refractivity contribution is 5.94. The monoisotopic (exact) mass is 228 g/mol. The molecule has 0 N–H and O–H groups in total. The number of benzene rings is 1. The fourth-order valence-electron chi connectivity index (χ4n) is 2.00. The molecule has 0 aliphatic rings. The van der Waals surface area contributed by atoms with Crippen molar-refractivity contribution < 1.29 is 4.79 Å². The summed E-state index contributed by atoms with van der Waals surface area (Å²) in [5, 5.41) is 0. The lowest BCUT2D eigenvalue weighted by molar-refractivity contribution is 0.0979. The largest absolute Gasteiger partial charge is 0.332 e. The Balaban J connectivity index is 2.28. The summed E-state index contributed by atoms with van der Waals surface area (Å²) < 4.78 is 1.76. The molecule has 0 atom stereocenters. The third-order valence-electron chi connectivity index (χ3n) is 3.05. The molecule has 0 unspecified atom stereocenters. The van der Waals surface area contributed by atoms with Crippen molar-refractivity contribution in [2.45, 2.75) is 20.3 Å². The highest BCUT2D eigenvalue weighted by Crippen LogP contribution is 2.15. The number of imidazole rings is 1. The maximum absolute atomic E-state index is 12.1. The summed E-state index contributed by atoms with van der Waals surface area (Å²) in [7, 11) is 1.84. The van der Waals surface area contributed by atoms with E-state index in [1.54, 1.807) is 17.0 Å². The number of aryl methyl sites for hydroxylation is 3. The Labute approximate surface area is 101 Å². The number of carbonyl (C=O) groups is 1. The van der Waals surface area contributed by atoms with Gasteiger partial charge in [0, 0.05) is 25.9 Å². The fourth-order valence-corrected chi connectivity index (χ4v) is 2.00. The molecular weight excluding hydrogens is 212 g/mol. The van der Waals surface area contributed by atoms with Crippen molar-refractivity contribution in [3.63, 3.8) is 0 Å². The molecule has 0 amide bonds. The molecule has 0 radical (unpaired) electrons. The zero-order chi connectivity index (χ0) is 12.4. The number of ketones is 1. The Hall–Kier alpha value is -1.90. The van der Waals surface area contributed by atoms with Crippen LogP contribution in [0, 0.1) is 13.8 Å². The minimum Gasteiger partial charge on any atom is -0.332 e. The number of aromatic nitrogens is 2. The Morgan fingerprint density at radius 2 is 1.94 bits per heavy atom. The molecule has 1 heterocycles. The second-order valence-corrected chi connectivity index (χ2v) is 4.33. The normalized spacial score (nSPS) is 10.5. The summed E-state index contributed by atoms with van der Waals surface area (Å²) in [4.78, 5) is 16.2. The number of hydrogen-bond acceptors (Lipinski definition) is 2. The van der Waals surface area contributed by atoms with Gasteiger partial charge in [0.1, 0.15) is 0 Å². The van der Waals surface area contributed by atoms with Crippen LogP contribution in [0.4, 0.5) is 0 Å². The van der Waals surface area contributed by atoms with Crippen LogP contribution in [0.5, 0.6) is 0 Å². The van der Waals surface area contributed by atoms with Gasteiger partial charge in [-0.05, 0) is 30.5 Å². The van der Waals surface area contributed by atoms with E-state index in [4.69, 9.17) is 0 Å². The minimum absolute atomic E-state index is 0.0647. The lowest BCUT2D eigenvalue weighted by Gasteiger charge is -2.08. The van der Waals surface area contributed by atoms with E-state index in [2.05, 4.69) is 4.98 Å². The minimum atomic E-state index is 0.0647. The van der Waals surface area contributed by atoms with E-state index in [9.17, 15) is 4.79 Å². The van der Waals surface area contributed by atoms with Gasteiger partial charge in [-0.2, -0.15) is 0 Å². The van der Waals surface area contributed by atoms with Crippen LogP contribution in [0.25, 0.3) is 0 Å². The van der Waals surface area contributed by atoms with E-state index in [0.717, 1.165) is 16.7 Å². The topological polar surface area (TPSA) is 34.9 Å². The molecule has 3 heteroatoms. The van der Waals surface area contributed by atoms with Gasteiger partial charge in [-0.15, -0.1) is 0 Å². The molecule has 0 bridgehead atoms. The van der Waals surface area contributed by atoms with Crippen LogP contribution in [0.15, 0.2) is 30.6 Å². The van der Waals surface area contributed by atoms with E-state index in [-0.39, 0.29) is 5.78 Å². The molecule has 3 nitrogen and oxygen atoms in total. The molecule has 0 saturated carbocycles. The highest BCUT2D eigenvalue weighted by Gasteiger charge is 2.14. The second kappa shape index (κ2) is 4.53. The maximum atomic E-state index is 12.1. The van der Waals surface area contributed by atoms with Gasteiger partial charge in [0.25, 0.3) is 0 Å². The van der Waals surface area contributed by atoms with Gasteiger partial charge in [-0.1, -0.05) is 18.2 Å². The zero-order valence-corrected chi connectivity index (χ0v) is 10.4. The van der Waals surface area contributed by atoms with E-state index < -0.39 is 0 Å². The molecule has 0 aliphatic heterocycles. The molecule has 0 fully saturated rings. The Kier molecular flexibility index (Phi) is 3.09. The van der Waals surface area contributed by atoms with E-state index >= 15 is 0 Å². The molecule has 0 aliphatic carbocycles. The molecule has 0 spiro atoms. The van der Waals surface area contributed by atoms with Crippen molar-refractivity contribution in [3.8, 4) is 0 Å². The van der Waals surface area contributed by atoms with Crippen LogP contribution in [-0.2, 0) is 13.5 Å². The number of nitrogens with zero attached hydrogens (tertiary/aromatic N) is 2. The fraction of sp³-hybridized carbons (Fsp3) is 0.286. The molecule has 1 aromatic carbocycles. The van der Waals surface area contributed by atoms with Gasteiger partial charge < -0.3 is 4.57 Å². The van der Waals surface area contributed by atoms with Crippen molar-refractivity contribution in [2.75, 3.05) is 0 Å². The first-order valence-corrected chi connectivity index (χ1v) is 5.65.